The molecule has 0 amide bonds. The molecule has 1 aromatic carbocycles. The molecule has 2 rings (SSSR count). The minimum atomic E-state index is 0.287. The van der Waals surface area contributed by atoms with Crippen LogP contribution in [0.25, 0.3) is 12.2 Å². The van der Waals surface area contributed by atoms with Crippen molar-refractivity contribution in [2.75, 3.05) is 13.2 Å². The first-order valence-corrected chi connectivity index (χ1v) is 7.80. The van der Waals surface area contributed by atoms with Crippen molar-refractivity contribution < 1.29 is 9.84 Å². The van der Waals surface area contributed by atoms with Gasteiger partial charge < -0.3 is 9.84 Å². The summed E-state index contributed by atoms with van der Waals surface area (Å²) in [5, 5.41) is 8.70. The Morgan fingerprint density at radius 2 is 1.45 bits per heavy atom. The number of rotatable bonds is 9. The molecule has 116 valence electrons. The zero-order chi connectivity index (χ0) is 15.5. The Hall–Kier alpha value is -2.13. The highest BCUT2D eigenvalue weighted by molar-refractivity contribution is 5.69. The summed E-state index contributed by atoms with van der Waals surface area (Å²) in [6.45, 7) is 1.02. The van der Waals surface area contributed by atoms with E-state index in [9.17, 15) is 0 Å². The number of nitrogens with zero attached hydrogens (tertiary/aromatic N) is 1. The third-order valence-corrected chi connectivity index (χ3v) is 3.38. The Morgan fingerprint density at radius 3 is 2.14 bits per heavy atom. The van der Waals surface area contributed by atoms with Gasteiger partial charge in [0, 0.05) is 19.0 Å². The highest BCUT2D eigenvalue weighted by atomic mass is 16.5. The van der Waals surface area contributed by atoms with E-state index in [0.717, 1.165) is 49.2 Å². The van der Waals surface area contributed by atoms with E-state index in [4.69, 9.17) is 9.84 Å². The first kappa shape index (κ1) is 16.2. The molecule has 1 N–H and O–H groups in total. The van der Waals surface area contributed by atoms with E-state index in [0.29, 0.717) is 0 Å². The van der Waals surface area contributed by atoms with Crippen molar-refractivity contribution in [1.82, 2.24) is 4.98 Å². The van der Waals surface area contributed by atoms with Crippen molar-refractivity contribution in [2.45, 2.75) is 25.7 Å². The van der Waals surface area contributed by atoms with Gasteiger partial charge in [-0.15, -0.1) is 0 Å². The van der Waals surface area contributed by atoms with Crippen LogP contribution in [0.2, 0.25) is 0 Å². The lowest BCUT2D eigenvalue weighted by atomic mass is 10.1. The summed E-state index contributed by atoms with van der Waals surface area (Å²) < 4.78 is 5.71. The molecule has 0 saturated carbocycles. The Balaban J connectivity index is 1.74. The van der Waals surface area contributed by atoms with Crippen LogP contribution in [0.5, 0.6) is 5.75 Å². The fourth-order valence-electron chi connectivity index (χ4n) is 2.10. The molecule has 0 aliphatic carbocycles. The van der Waals surface area contributed by atoms with Crippen molar-refractivity contribution in [3.8, 4) is 5.75 Å². The Labute approximate surface area is 132 Å². The molecule has 0 radical (unpaired) electrons. The van der Waals surface area contributed by atoms with Crippen LogP contribution in [0.4, 0.5) is 0 Å². The van der Waals surface area contributed by atoms with Crippen molar-refractivity contribution in [3.05, 3.63) is 59.9 Å². The number of pyridine rings is 1. The average molecular weight is 297 g/mol. The summed E-state index contributed by atoms with van der Waals surface area (Å²) in [6.07, 6.45) is 11.8. The van der Waals surface area contributed by atoms with Gasteiger partial charge in [0.1, 0.15) is 5.75 Å². The molecule has 0 unspecified atom stereocenters. The van der Waals surface area contributed by atoms with Gasteiger partial charge in [0.2, 0.25) is 0 Å². The van der Waals surface area contributed by atoms with E-state index in [1.165, 1.54) is 0 Å². The average Bonchev–Trinajstić information content (AvgIpc) is 2.58. The zero-order valence-electron chi connectivity index (χ0n) is 12.8. The van der Waals surface area contributed by atoms with Crippen molar-refractivity contribution in [2.24, 2.45) is 0 Å². The number of hydrogen-bond acceptors (Lipinski definition) is 3. The van der Waals surface area contributed by atoms with Gasteiger partial charge in [0.05, 0.1) is 6.61 Å². The van der Waals surface area contributed by atoms with E-state index in [-0.39, 0.29) is 6.61 Å². The second kappa shape index (κ2) is 9.74. The lowest BCUT2D eigenvalue weighted by Crippen LogP contribution is -1.97. The van der Waals surface area contributed by atoms with E-state index in [1.807, 2.05) is 24.3 Å². The van der Waals surface area contributed by atoms with Gasteiger partial charge in [-0.05, 0) is 54.7 Å². The second-order valence-electron chi connectivity index (χ2n) is 5.17. The molecular weight excluding hydrogens is 274 g/mol. The fourth-order valence-corrected chi connectivity index (χ4v) is 2.10. The minimum absolute atomic E-state index is 0.287. The maximum atomic E-state index is 8.70. The molecule has 2 aromatic rings. The largest absolute Gasteiger partial charge is 0.494 e. The number of hydrogen-bond donors (Lipinski definition) is 1. The van der Waals surface area contributed by atoms with Gasteiger partial charge in [0.15, 0.2) is 0 Å². The van der Waals surface area contributed by atoms with Crippen molar-refractivity contribution in [3.63, 3.8) is 0 Å². The van der Waals surface area contributed by atoms with Crippen LogP contribution in [0.3, 0.4) is 0 Å². The van der Waals surface area contributed by atoms with E-state index >= 15 is 0 Å². The molecular formula is C19H23NO2. The summed E-state index contributed by atoms with van der Waals surface area (Å²) >= 11 is 0. The summed E-state index contributed by atoms with van der Waals surface area (Å²) in [5.74, 6) is 0.906. The molecule has 1 heterocycles. The summed E-state index contributed by atoms with van der Waals surface area (Å²) in [6, 6.07) is 12.1. The van der Waals surface area contributed by atoms with Crippen LogP contribution in [0.1, 0.15) is 36.8 Å². The van der Waals surface area contributed by atoms with Crippen LogP contribution in [-0.4, -0.2) is 23.3 Å². The van der Waals surface area contributed by atoms with Crippen LogP contribution < -0.4 is 4.74 Å². The number of aliphatic hydroxyl groups excluding tert-OH is 1. The first-order chi connectivity index (χ1) is 10.9. The zero-order valence-corrected chi connectivity index (χ0v) is 12.8. The molecule has 3 nitrogen and oxygen atoms in total. The van der Waals surface area contributed by atoms with Crippen molar-refractivity contribution in [1.29, 1.82) is 0 Å². The topological polar surface area (TPSA) is 42.4 Å². The van der Waals surface area contributed by atoms with Gasteiger partial charge in [-0.25, -0.2) is 0 Å². The molecule has 1 aromatic heterocycles. The minimum Gasteiger partial charge on any atom is -0.494 e. The van der Waals surface area contributed by atoms with Gasteiger partial charge in [-0.1, -0.05) is 30.7 Å². The molecule has 0 bridgehead atoms. The van der Waals surface area contributed by atoms with Crippen LogP contribution >= 0.6 is 0 Å². The summed E-state index contributed by atoms with van der Waals surface area (Å²) in [7, 11) is 0. The fraction of sp³-hybridized carbons (Fsp3) is 0.316. The number of benzene rings is 1. The van der Waals surface area contributed by atoms with Crippen LogP contribution in [0, 0.1) is 0 Å². The monoisotopic (exact) mass is 297 g/mol. The SMILES string of the molecule is OCCCCCCOc1ccc(/C=C/c2ccncc2)cc1. The standard InChI is InChI=1S/C19H23NO2/c21-15-3-1-2-4-16-22-19-9-7-17(8-10-19)5-6-18-11-13-20-14-12-18/h5-14,21H,1-4,15-16H2/b6-5+. The highest BCUT2D eigenvalue weighted by Crippen LogP contribution is 2.15. The number of aromatic nitrogens is 1. The molecule has 0 aliphatic rings. The third-order valence-electron chi connectivity index (χ3n) is 3.38. The lowest BCUT2D eigenvalue weighted by Gasteiger charge is -2.06. The quantitative estimate of drug-likeness (QED) is 0.706. The maximum Gasteiger partial charge on any atom is 0.119 e. The third kappa shape index (κ3) is 6.10. The molecule has 0 spiro atoms. The van der Waals surface area contributed by atoms with E-state index in [2.05, 4.69) is 29.3 Å². The molecule has 3 heteroatoms. The Morgan fingerprint density at radius 1 is 0.818 bits per heavy atom. The van der Waals surface area contributed by atoms with Gasteiger partial charge in [0.25, 0.3) is 0 Å². The van der Waals surface area contributed by atoms with Gasteiger partial charge >= 0.3 is 0 Å². The van der Waals surface area contributed by atoms with Crippen LogP contribution in [-0.2, 0) is 0 Å². The predicted molar refractivity (Wildman–Crippen MR) is 90.7 cm³/mol. The molecule has 0 saturated heterocycles. The second-order valence-corrected chi connectivity index (χ2v) is 5.17. The van der Waals surface area contributed by atoms with Crippen LogP contribution in [0.15, 0.2) is 48.8 Å². The van der Waals surface area contributed by atoms with Crippen molar-refractivity contribution >= 4 is 12.2 Å². The summed E-state index contributed by atoms with van der Waals surface area (Å²) in [5.41, 5.74) is 2.28. The number of aliphatic hydroxyl groups is 1. The smallest absolute Gasteiger partial charge is 0.119 e. The molecule has 0 atom stereocenters. The normalized spacial score (nSPS) is 11.0. The highest BCUT2D eigenvalue weighted by Gasteiger charge is 1.95. The first-order valence-electron chi connectivity index (χ1n) is 7.80. The lowest BCUT2D eigenvalue weighted by molar-refractivity contribution is 0.273. The maximum absolute atomic E-state index is 8.70. The molecule has 22 heavy (non-hydrogen) atoms. The van der Waals surface area contributed by atoms with Gasteiger partial charge in [-0.2, -0.15) is 0 Å². The molecule has 0 aliphatic heterocycles. The Bertz CT molecular complexity index is 549. The number of unbranched alkanes of at least 4 members (excludes halogenated alkanes) is 3. The molecule has 0 fully saturated rings. The van der Waals surface area contributed by atoms with Gasteiger partial charge in [-0.3, -0.25) is 4.98 Å². The summed E-state index contributed by atoms with van der Waals surface area (Å²) in [4.78, 5) is 4.00. The number of ether oxygens (including phenoxy) is 1. The van der Waals surface area contributed by atoms with E-state index < -0.39 is 0 Å². The predicted octanol–water partition coefficient (Wildman–Crippen LogP) is 4.18. The van der Waals surface area contributed by atoms with E-state index in [1.54, 1.807) is 12.4 Å². The Kier molecular flexibility index (Phi) is 7.19.